The van der Waals surface area contributed by atoms with Crippen molar-refractivity contribution in [1.29, 1.82) is 0 Å². The molecule has 1 aromatic rings. The summed E-state index contributed by atoms with van der Waals surface area (Å²) in [5.41, 5.74) is 2.87. The first-order valence-corrected chi connectivity index (χ1v) is 8.24. The van der Waals surface area contributed by atoms with Crippen LogP contribution in [0.1, 0.15) is 61.3 Å². The van der Waals surface area contributed by atoms with E-state index >= 15 is 0 Å². The summed E-state index contributed by atoms with van der Waals surface area (Å²) >= 11 is 0. The first-order valence-electron chi connectivity index (χ1n) is 8.24. The fraction of sp³-hybridized carbons (Fsp3) is 0.750. The zero-order chi connectivity index (χ0) is 14.8. The number of hydrogen-bond donors (Lipinski definition) is 2. The number of nitrogens with zero attached hydrogens (tertiary/aromatic N) is 2. The number of likely N-dealkylation sites (tertiary alicyclic amines) is 1. The van der Waals surface area contributed by atoms with Gasteiger partial charge < -0.3 is 10.2 Å². The van der Waals surface area contributed by atoms with Crippen LogP contribution in [0.4, 0.5) is 0 Å². The highest BCUT2D eigenvalue weighted by molar-refractivity contribution is 5.94. The topological polar surface area (TPSA) is 61.0 Å². The number of hydrogen-bond acceptors (Lipinski definition) is 3. The number of H-pyrrole nitrogens is 1. The lowest BCUT2D eigenvalue weighted by atomic mass is 10.0. The molecule has 1 aromatic heterocycles. The lowest BCUT2D eigenvalue weighted by Gasteiger charge is -2.25. The fourth-order valence-corrected chi connectivity index (χ4v) is 3.47. The highest BCUT2D eigenvalue weighted by atomic mass is 16.2. The molecule has 3 rings (SSSR count). The van der Waals surface area contributed by atoms with Crippen LogP contribution in [0, 0.1) is 5.92 Å². The van der Waals surface area contributed by atoms with Crippen LogP contribution in [0.3, 0.4) is 0 Å². The molecule has 2 N–H and O–H groups in total. The molecule has 0 aromatic carbocycles. The van der Waals surface area contributed by atoms with Crippen molar-refractivity contribution in [2.45, 2.75) is 58.5 Å². The summed E-state index contributed by atoms with van der Waals surface area (Å²) in [5, 5.41) is 10.7. The third kappa shape index (κ3) is 2.98. The minimum atomic E-state index is 0.127. The normalized spacial score (nSPS) is 21.9. The van der Waals surface area contributed by atoms with Crippen molar-refractivity contribution in [3.63, 3.8) is 0 Å². The molecule has 0 bridgehead atoms. The van der Waals surface area contributed by atoms with E-state index in [1.165, 1.54) is 6.42 Å². The van der Waals surface area contributed by atoms with Gasteiger partial charge >= 0.3 is 0 Å². The predicted molar refractivity (Wildman–Crippen MR) is 82.1 cm³/mol. The summed E-state index contributed by atoms with van der Waals surface area (Å²) in [6, 6.07) is 0.406. The maximum absolute atomic E-state index is 12.9. The molecule has 0 radical (unpaired) electrons. The van der Waals surface area contributed by atoms with E-state index in [0.29, 0.717) is 17.7 Å². The minimum Gasteiger partial charge on any atom is -0.334 e. The maximum atomic E-state index is 12.9. The van der Waals surface area contributed by atoms with Gasteiger partial charge in [-0.25, -0.2) is 0 Å². The highest BCUT2D eigenvalue weighted by Gasteiger charge is 2.32. The van der Waals surface area contributed by atoms with Crippen molar-refractivity contribution in [1.82, 2.24) is 20.4 Å². The third-order valence-electron chi connectivity index (χ3n) is 4.72. The van der Waals surface area contributed by atoms with Gasteiger partial charge in [0.15, 0.2) is 5.69 Å². The SMILES string of the molecule is CC(C)CCC1CCCN1C(=O)c1n[nH]c2c1CNCC2. The summed E-state index contributed by atoms with van der Waals surface area (Å²) in [5.74, 6) is 0.826. The van der Waals surface area contributed by atoms with E-state index in [4.69, 9.17) is 0 Å². The lowest BCUT2D eigenvalue weighted by Crippen LogP contribution is -2.37. The van der Waals surface area contributed by atoms with Gasteiger partial charge in [0.2, 0.25) is 0 Å². The van der Waals surface area contributed by atoms with Crippen molar-refractivity contribution < 1.29 is 4.79 Å². The predicted octanol–water partition coefficient (Wildman–Crippen LogP) is 2.10. The van der Waals surface area contributed by atoms with Crippen LogP contribution in [-0.2, 0) is 13.0 Å². The van der Waals surface area contributed by atoms with Crippen LogP contribution in [0.25, 0.3) is 0 Å². The van der Waals surface area contributed by atoms with E-state index in [1.807, 2.05) is 0 Å². The zero-order valence-corrected chi connectivity index (χ0v) is 13.1. The Hall–Kier alpha value is -1.36. The molecule has 0 aliphatic carbocycles. The van der Waals surface area contributed by atoms with Gasteiger partial charge in [0.1, 0.15) is 0 Å². The van der Waals surface area contributed by atoms with Gasteiger partial charge in [-0.2, -0.15) is 5.10 Å². The van der Waals surface area contributed by atoms with E-state index in [2.05, 4.69) is 34.3 Å². The molecule has 0 spiro atoms. The monoisotopic (exact) mass is 290 g/mol. The van der Waals surface area contributed by atoms with Gasteiger partial charge in [-0.15, -0.1) is 0 Å². The van der Waals surface area contributed by atoms with Crippen molar-refractivity contribution in [2.24, 2.45) is 5.92 Å². The molecule has 1 fully saturated rings. The first-order chi connectivity index (χ1) is 10.2. The Bertz CT molecular complexity index is 508. The largest absolute Gasteiger partial charge is 0.334 e. The molecular formula is C16H26N4O. The fourth-order valence-electron chi connectivity index (χ4n) is 3.47. The van der Waals surface area contributed by atoms with E-state index in [1.54, 1.807) is 0 Å². The number of aromatic nitrogens is 2. The average molecular weight is 290 g/mol. The number of fused-ring (bicyclic) bond motifs is 1. The van der Waals surface area contributed by atoms with E-state index in [-0.39, 0.29) is 5.91 Å². The van der Waals surface area contributed by atoms with E-state index < -0.39 is 0 Å². The Kier molecular flexibility index (Phi) is 4.29. The van der Waals surface area contributed by atoms with Gasteiger partial charge in [0.05, 0.1) is 0 Å². The molecule has 1 atom stereocenters. The van der Waals surface area contributed by atoms with Crippen molar-refractivity contribution in [3.05, 3.63) is 17.0 Å². The summed E-state index contributed by atoms with van der Waals surface area (Å²) < 4.78 is 0. The van der Waals surface area contributed by atoms with E-state index in [9.17, 15) is 4.79 Å². The van der Waals surface area contributed by atoms with Crippen molar-refractivity contribution in [3.8, 4) is 0 Å². The number of carbonyl (C=O) groups excluding carboxylic acids is 1. The molecule has 1 unspecified atom stereocenters. The molecular weight excluding hydrogens is 264 g/mol. The second-order valence-electron chi connectivity index (χ2n) is 6.72. The Labute approximate surface area is 126 Å². The van der Waals surface area contributed by atoms with Gasteiger partial charge in [0, 0.05) is 43.4 Å². The summed E-state index contributed by atoms with van der Waals surface area (Å²) in [4.78, 5) is 14.9. The number of aromatic amines is 1. The van der Waals surface area contributed by atoms with Crippen LogP contribution in [-0.4, -0.2) is 40.1 Å². The lowest BCUT2D eigenvalue weighted by molar-refractivity contribution is 0.0719. The molecule has 1 amide bonds. The van der Waals surface area contributed by atoms with Crippen LogP contribution < -0.4 is 5.32 Å². The number of nitrogens with one attached hydrogen (secondary N) is 2. The summed E-state index contributed by atoms with van der Waals surface area (Å²) in [6.07, 6.45) is 5.51. The molecule has 2 aliphatic heterocycles. The standard InChI is InChI=1S/C16H26N4O/c1-11(2)5-6-12-4-3-9-20(12)16(21)15-13-10-17-8-7-14(13)18-19-15/h11-12,17H,3-10H2,1-2H3,(H,18,19). The Balaban J connectivity index is 1.73. The van der Waals surface area contributed by atoms with Crippen molar-refractivity contribution >= 4 is 5.91 Å². The third-order valence-corrected chi connectivity index (χ3v) is 4.72. The molecule has 5 nitrogen and oxygen atoms in total. The molecule has 5 heteroatoms. The highest BCUT2D eigenvalue weighted by Crippen LogP contribution is 2.26. The van der Waals surface area contributed by atoms with Crippen LogP contribution in [0.2, 0.25) is 0 Å². The average Bonchev–Trinajstić information content (AvgIpc) is 3.11. The second-order valence-corrected chi connectivity index (χ2v) is 6.72. The van der Waals surface area contributed by atoms with Crippen LogP contribution >= 0.6 is 0 Å². The van der Waals surface area contributed by atoms with Gasteiger partial charge in [-0.3, -0.25) is 9.89 Å². The minimum absolute atomic E-state index is 0.127. The van der Waals surface area contributed by atoms with Gasteiger partial charge in [-0.1, -0.05) is 13.8 Å². The Morgan fingerprint density at radius 3 is 3.14 bits per heavy atom. The molecule has 116 valence electrons. The van der Waals surface area contributed by atoms with Crippen LogP contribution in [0.5, 0.6) is 0 Å². The first kappa shape index (κ1) is 14.6. The number of amides is 1. The maximum Gasteiger partial charge on any atom is 0.274 e. The molecule has 1 saturated heterocycles. The molecule has 2 aliphatic rings. The summed E-state index contributed by atoms with van der Waals surface area (Å²) in [6.45, 7) is 7.10. The molecule has 3 heterocycles. The van der Waals surface area contributed by atoms with E-state index in [0.717, 1.165) is 56.6 Å². The molecule has 0 saturated carbocycles. The smallest absolute Gasteiger partial charge is 0.274 e. The zero-order valence-electron chi connectivity index (χ0n) is 13.1. The number of rotatable bonds is 4. The van der Waals surface area contributed by atoms with Gasteiger partial charge in [0.25, 0.3) is 5.91 Å². The number of carbonyl (C=O) groups is 1. The van der Waals surface area contributed by atoms with Crippen LogP contribution in [0.15, 0.2) is 0 Å². The van der Waals surface area contributed by atoms with Gasteiger partial charge in [-0.05, 0) is 31.6 Å². The second kappa shape index (κ2) is 6.18. The van der Waals surface area contributed by atoms with Crippen molar-refractivity contribution in [2.75, 3.05) is 13.1 Å². The quantitative estimate of drug-likeness (QED) is 0.892. The Morgan fingerprint density at radius 1 is 1.48 bits per heavy atom. The summed E-state index contributed by atoms with van der Waals surface area (Å²) in [7, 11) is 0. The molecule has 21 heavy (non-hydrogen) atoms. The Morgan fingerprint density at radius 2 is 2.33 bits per heavy atom.